The number of hydrogen-bond donors (Lipinski definition) is 1. The molecule has 1 heterocycles. The Morgan fingerprint density at radius 3 is 2.17 bits per heavy atom. The standard InChI is InChI=1S/C26H26F3NO4S/c1-24(2)9-10-25(3,4)17-13-19(33-5)15(12-16(17)24)21-14(11-20-22(31)30-23(32)35-20)7-6-8-18(21)34-26(27,28)29/h6-8,11-13H,9-10H2,1-5H3,(H,30,31,32). The van der Waals surface area contributed by atoms with Crippen molar-refractivity contribution in [1.29, 1.82) is 0 Å². The maximum absolute atomic E-state index is 13.4. The second kappa shape index (κ2) is 8.62. The Bertz CT molecular complexity index is 1250. The number of hydrogen-bond acceptors (Lipinski definition) is 5. The predicted octanol–water partition coefficient (Wildman–Crippen LogP) is 6.93. The molecule has 9 heteroatoms. The quantitative estimate of drug-likeness (QED) is 0.457. The minimum Gasteiger partial charge on any atom is -0.496 e. The fraction of sp³-hybridized carbons (Fsp3) is 0.385. The molecule has 5 nitrogen and oxygen atoms in total. The molecule has 35 heavy (non-hydrogen) atoms. The number of imide groups is 1. The minimum absolute atomic E-state index is 0.0822. The van der Waals surface area contributed by atoms with Crippen LogP contribution in [0.15, 0.2) is 35.2 Å². The van der Waals surface area contributed by atoms with Crippen molar-refractivity contribution in [1.82, 2.24) is 5.32 Å². The highest BCUT2D eigenvalue weighted by atomic mass is 32.2. The number of benzene rings is 2. The Labute approximate surface area is 206 Å². The van der Waals surface area contributed by atoms with E-state index in [1.807, 2.05) is 12.1 Å². The molecule has 0 bridgehead atoms. The van der Waals surface area contributed by atoms with E-state index in [9.17, 15) is 22.8 Å². The molecule has 0 spiro atoms. The zero-order valence-corrected chi connectivity index (χ0v) is 20.9. The number of alkyl halides is 3. The SMILES string of the molecule is COc1cc2c(cc1-c1c(C=C3SC(=O)NC3=O)cccc1OC(F)(F)F)C(C)(C)CCC2(C)C. The third-order valence-corrected chi connectivity index (χ3v) is 7.47. The first-order valence-electron chi connectivity index (χ1n) is 11.1. The molecule has 0 saturated carbocycles. The molecule has 4 rings (SSSR count). The van der Waals surface area contributed by atoms with Crippen molar-refractivity contribution >= 4 is 29.0 Å². The van der Waals surface area contributed by atoms with Crippen molar-refractivity contribution in [2.24, 2.45) is 0 Å². The molecule has 186 valence electrons. The molecule has 0 aromatic heterocycles. The maximum atomic E-state index is 13.4. The Hall–Kier alpha value is -2.94. The summed E-state index contributed by atoms with van der Waals surface area (Å²) in [5.41, 5.74) is 2.60. The molecule has 2 amide bonds. The van der Waals surface area contributed by atoms with Gasteiger partial charge in [0.05, 0.1) is 12.0 Å². The zero-order chi connectivity index (χ0) is 25.8. The van der Waals surface area contributed by atoms with E-state index < -0.39 is 23.3 Å². The fourth-order valence-corrected chi connectivity index (χ4v) is 5.36. The summed E-state index contributed by atoms with van der Waals surface area (Å²) in [6.45, 7) is 8.51. The maximum Gasteiger partial charge on any atom is 0.573 e. The van der Waals surface area contributed by atoms with Crippen molar-refractivity contribution in [3.63, 3.8) is 0 Å². The van der Waals surface area contributed by atoms with Gasteiger partial charge in [0.1, 0.15) is 11.5 Å². The van der Waals surface area contributed by atoms with Crippen LogP contribution in [-0.4, -0.2) is 24.6 Å². The second-order valence-electron chi connectivity index (χ2n) is 9.99. The molecule has 0 atom stereocenters. The summed E-state index contributed by atoms with van der Waals surface area (Å²) >= 11 is 0.691. The summed E-state index contributed by atoms with van der Waals surface area (Å²) in [4.78, 5) is 23.9. The van der Waals surface area contributed by atoms with Crippen LogP contribution >= 0.6 is 11.8 Å². The average Bonchev–Trinajstić information content (AvgIpc) is 3.06. The highest BCUT2D eigenvalue weighted by molar-refractivity contribution is 8.18. The van der Waals surface area contributed by atoms with Gasteiger partial charge < -0.3 is 9.47 Å². The summed E-state index contributed by atoms with van der Waals surface area (Å²) in [6, 6.07) is 7.99. The van der Waals surface area contributed by atoms with Gasteiger partial charge in [-0.2, -0.15) is 0 Å². The molecule has 2 aromatic carbocycles. The first-order chi connectivity index (χ1) is 16.2. The third kappa shape index (κ3) is 4.91. The number of ether oxygens (including phenoxy) is 2. The summed E-state index contributed by atoms with van der Waals surface area (Å²) in [5.74, 6) is -0.631. The summed E-state index contributed by atoms with van der Waals surface area (Å²) in [6.07, 6.45) is -1.66. The fourth-order valence-electron chi connectivity index (χ4n) is 4.69. The molecule has 1 aliphatic heterocycles. The predicted molar refractivity (Wildman–Crippen MR) is 130 cm³/mol. The number of rotatable bonds is 4. The summed E-state index contributed by atoms with van der Waals surface area (Å²) in [7, 11) is 1.47. The Morgan fingerprint density at radius 1 is 1.00 bits per heavy atom. The minimum atomic E-state index is -4.93. The average molecular weight is 506 g/mol. The van der Waals surface area contributed by atoms with Gasteiger partial charge in [-0.25, -0.2) is 0 Å². The lowest BCUT2D eigenvalue weighted by atomic mass is 9.62. The van der Waals surface area contributed by atoms with E-state index in [1.54, 1.807) is 6.07 Å². The Morgan fingerprint density at radius 2 is 1.63 bits per heavy atom. The number of carbonyl (C=O) groups is 2. The number of nitrogens with one attached hydrogen (secondary N) is 1. The monoisotopic (exact) mass is 505 g/mol. The van der Waals surface area contributed by atoms with Gasteiger partial charge in [-0.1, -0.05) is 39.8 Å². The van der Waals surface area contributed by atoms with E-state index in [2.05, 4.69) is 37.7 Å². The van der Waals surface area contributed by atoms with Gasteiger partial charge in [0.25, 0.3) is 11.1 Å². The summed E-state index contributed by atoms with van der Waals surface area (Å²) < 4.78 is 50.3. The van der Waals surface area contributed by atoms with E-state index in [-0.39, 0.29) is 21.3 Å². The molecule has 0 radical (unpaired) electrons. The molecular weight excluding hydrogens is 479 g/mol. The first-order valence-corrected chi connectivity index (χ1v) is 11.9. The molecule has 1 fully saturated rings. The van der Waals surface area contributed by atoms with Crippen LogP contribution in [0.5, 0.6) is 11.5 Å². The molecule has 2 aliphatic rings. The first kappa shape index (κ1) is 25.2. The van der Waals surface area contributed by atoms with Gasteiger partial charge in [-0.15, -0.1) is 13.2 Å². The van der Waals surface area contributed by atoms with Crippen LogP contribution in [0.4, 0.5) is 18.0 Å². The van der Waals surface area contributed by atoms with Crippen LogP contribution in [0.25, 0.3) is 17.2 Å². The molecule has 1 aliphatic carbocycles. The van der Waals surface area contributed by atoms with Crippen LogP contribution < -0.4 is 14.8 Å². The number of thioether (sulfide) groups is 1. The normalized spacial score (nSPS) is 19.9. The zero-order valence-electron chi connectivity index (χ0n) is 20.1. The van der Waals surface area contributed by atoms with Crippen molar-refractivity contribution in [2.75, 3.05) is 7.11 Å². The van der Waals surface area contributed by atoms with Crippen LogP contribution in [0.2, 0.25) is 0 Å². The van der Waals surface area contributed by atoms with E-state index >= 15 is 0 Å². The van der Waals surface area contributed by atoms with Crippen molar-refractivity contribution < 1.29 is 32.2 Å². The third-order valence-electron chi connectivity index (χ3n) is 6.66. The molecular formula is C26H26F3NO4S. The summed E-state index contributed by atoms with van der Waals surface area (Å²) in [5, 5.41) is 1.62. The highest BCUT2D eigenvalue weighted by Gasteiger charge is 2.39. The molecule has 0 unspecified atom stereocenters. The largest absolute Gasteiger partial charge is 0.573 e. The smallest absolute Gasteiger partial charge is 0.496 e. The van der Waals surface area contributed by atoms with E-state index in [0.29, 0.717) is 28.6 Å². The lowest BCUT2D eigenvalue weighted by Crippen LogP contribution is -2.33. The van der Waals surface area contributed by atoms with Crippen LogP contribution in [0, 0.1) is 0 Å². The number of fused-ring (bicyclic) bond motifs is 1. The van der Waals surface area contributed by atoms with Gasteiger partial charge in [0, 0.05) is 11.1 Å². The van der Waals surface area contributed by atoms with Gasteiger partial charge in [0.2, 0.25) is 0 Å². The van der Waals surface area contributed by atoms with Crippen molar-refractivity contribution in [2.45, 2.75) is 57.7 Å². The van der Waals surface area contributed by atoms with E-state index in [4.69, 9.17) is 4.74 Å². The van der Waals surface area contributed by atoms with Crippen molar-refractivity contribution in [3.8, 4) is 22.6 Å². The number of carbonyl (C=O) groups excluding carboxylic acids is 2. The highest BCUT2D eigenvalue weighted by Crippen LogP contribution is 2.51. The number of amides is 2. The number of methoxy groups -OCH3 is 1. The van der Waals surface area contributed by atoms with E-state index in [1.165, 1.54) is 25.3 Å². The second-order valence-corrected chi connectivity index (χ2v) is 11.0. The van der Waals surface area contributed by atoms with Gasteiger partial charge in [-0.3, -0.25) is 14.9 Å². The van der Waals surface area contributed by atoms with Crippen LogP contribution in [-0.2, 0) is 15.6 Å². The van der Waals surface area contributed by atoms with Gasteiger partial charge in [0.15, 0.2) is 0 Å². The molecule has 1 N–H and O–H groups in total. The lowest BCUT2D eigenvalue weighted by Gasteiger charge is -2.42. The van der Waals surface area contributed by atoms with Gasteiger partial charge >= 0.3 is 6.36 Å². The molecule has 2 aromatic rings. The Balaban J connectivity index is 2.02. The molecule has 1 saturated heterocycles. The topological polar surface area (TPSA) is 64.6 Å². The van der Waals surface area contributed by atoms with Crippen molar-refractivity contribution in [3.05, 3.63) is 51.9 Å². The van der Waals surface area contributed by atoms with Gasteiger partial charge in [-0.05, 0) is 76.4 Å². The lowest BCUT2D eigenvalue weighted by molar-refractivity contribution is -0.274. The Kier molecular flexibility index (Phi) is 6.20. The van der Waals surface area contributed by atoms with E-state index in [0.717, 1.165) is 24.0 Å². The number of halogens is 3. The van der Waals surface area contributed by atoms with Crippen LogP contribution in [0.1, 0.15) is 57.2 Å². The van der Waals surface area contributed by atoms with Crippen LogP contribution in [0.3, 0.4) is 0 Å².